The number of hydrogen-bond donors (Lipinski definition) is 1. The number of para-hydroxylation sites is 1. The molecule has 23 heavy (non-hydrogen) atoms. The van der Waals surface area contributed by atoms with E-state index in [1.54, 1.807) is 10.9 Å². The van der Waals surface area contributed by atoms with Crippen LogP contribution in [0.2, 0.25) is 0 Å². The summed E-state index contributed by atoms with van der Waals surface area (Å²) in [6.45, 7) is 0.271. The second-order valence-electron chi connectivity index (χ2n) is 4.65. The normalized spacial score (nSPS) is 11.4. The minimum Gasteiger partial charge on any atom is -0.363 e. The molecule has 0 saturated carbocycles. The summed E-state index contributed by atoms with van der Waals surface area (Å²) >= 11 is 0. The Morgan fingerprint density at radius 3 is 2.39 bits per heavy atom. The van der Waals surface area contributed by atoms with Crippen LogP contribution < -0.4 is 5.32 Å². The summed E-state index contributed by atoms with van der Waals surface area (Å²) in [7, 11) is 0. The van der Waals surface area contributed by atoms with Crippen molar-refractivity contribution in [1.29, 1.82) is 0 Å². The first kappa shape index (κ1) is 14.9. The summed E-state index contributed by atoms with van der Waals surface area (Å²) < 4.78 is 38.8. The number of nitrogens with one attached hydrogen (secondary N) is 1. The first-order chi connectivity index (χ1) is 11.0. The van der Waals surface area contributed by atoms with E-state index >= 15 is 0 Å². The van der Waals surface area contributed by atoms with Gasteiger partial charge in [0.2, 0.25) is 0 Å². The first-order valence-electron chi connectivity index (χ1n) is 6.64. The van der Waals surface area contributed by atoms with Crippen molar-refractivity contribution < 1.29 is 13.2 Å². The molecule has 0 unspecified atom stereocenters. The summed E-state index contributed by atoms with van der Waals surface area (Å²) in [5.41, 5.74) is 0.453. The van der Waals surface area contributed by atoms with E-state index in [2.05, 4.69) is 25.8 Å². The monoisotopic (exact) mass is 320 g/mol. The van der Waals surface area contributed by atoms with Gasteiger partial charge in [0.05, 0.1) is 18.4 Å². The van der Waals surface area contributed by atoms with Crippen LogP contribution in [-0.2, 0) is 12.7 Å². The summed E-state index contributed by atoms with van der Waals surface area (Å²) in [6, 6.07) is 11.5. The topological polar surface area (TPSA) is 68.5 Å². The lowest BCUT2D eigenvalue weighted by atomic mass is 10.3. The SMILES string of the molecule is FC(F)(F)c1ccc(NCc2cn(-c3ccccc3)nn2)nn1. The molecule has 2 aromatic heterocycles. The number of rotatable bonds is 4. The van der Waals surface area contributed by atoms with Gasteiger partial charge in [0, 0.05) is 0 Å². The Labute approximate surface area is 129 Å². The molecular formula is C14H11F3N6. The minimum atomic E-state index is -4.50. The number of hydrogen-bond acceptors (Lipinski definition) is 5. The molecule has 0 amide bonds. The number of aromatic nitrogens is 5. The summed E-state index contributed by atoms with van der Waals surface area (Å²) in [6.07, 6.45) is -2.77. The third-order valence-corrected chi connectivity index (χ3v) is 2.97. The third kappa shape index (κ3) is 3.62. The van der Waals surface area contributed by atoms with Gasteiger partial charge in [-0.3, -0.25) is 0 Å². The fourth-order valence-corrected chi connectivity index (χ4v) is 1.85. The zero-order chi connectivity index (χ0) is 16.3. The number of alkyl halides is 3. The highest BCUT2D eigenvalue weighted by atomic mass is 19.4. The van der Waals surface area contributed by atoms with Crippen molar-refractivity contribution in [2.45, 2.75) is 12.7 Å². The van der Waals surface area contributed by atoms with Gasteiger partial charge >= 0.3 is 6.18 Å². The molecule has 0 aliphatic rings. The van der Waals surface area contributed by atoms with Gasteiger partial charge in [-0.25, -0.2) is 4.68 Å². The van der Waals surface area contributed by atoms with Crippen molar-refractivity contribution in [3.05, 3.63) is 60.0 Å². The largest absolute Gasteiger partial charge is 0.435 e. The molecule has 0 bridgehead atoms. The van der Waals surface area contributed by atoms with Gasteiger partial charge in [-0.1, -0.05) is 23.4 Å². The first-order valence-corrected chi connectivity index (χ1v) is 6.64. The van der Waals surface area contributed by atoms with E-state index in [1.807, 2.05) is 30.3 Å². The van der Waals surface area contributed by atoms with Crippen molar-refractivity contribution in [3.8, 4) is 5.69 Å². The molecule has 0 fully saturated rings. The van der Waals surface area contributed by atoms with Crippen LogP contribution in [0.15, 0.2) is 48.7 Å². The Hall–Kier alpha value is -2.97. The van der Waals surface area contributed by atoms with E-state index in [4.69, 9.17) is 0 Å². The Morgan fingerprint density at radius 2 is 1.74 bits per heavy atom. The summed E-state index contributed by atoms with van der Waals surface area (Å²) in [5, 5.41) is 17.4. The molecule has 0 spiro atoms. The second-order valence-corrected chi connectivity index (χ2v) is 4.65. The zero-order valence-corrected chi connectivity index (χ0v) is 11.7. The molecule has 3 rings (SSSR count). The van der Waals surface area contributed by atoms with Gasteiger partial charge < -0.3 is 5.32 Å². The molecule has 0 atom stereocenters. The van der Waals surface area contributed by atoms with E-state index in [9.17, 15) is 13.2 Å². The Bertz CT molecular complexity index is 767. The summed E-state index contributed by atoms with van der Waals surface area (Å²) in [4.78, 5) is 0. The third-order valence-electron chi connectivity index (χ3n) is 2.97. The quantitative estimate of drug-likeness (QED) is 0.800. The molecule has 0 saturated heterocycles. The smallest absolute Gasteiger partial charge is 0.363 e. The predicted molar refractivity (Wildman–Crippen MR) is 75.7 cm³/mol. The maximum absolute atomic E-state index is 12.4. The number of anilines is 1. The Kier molecular flexibility index (Phi) is 3.92. The van der Waals surface area contributed by atoms with Crippen LogP contribution in [0, 0.1) is 0 Å². The lowest BCUT2D eigenvalue weighted by Gasteiger charge is -2.06. The zero-order valence-electron chi connectivity index (χ0n) is 11.7. The van der Waals surface area contributed by atoms with Crippen LogP contribution in [0.4, 0.5) is 19.0 Å². The molecule has 1 aromatic carbocycles. The molecule has 1 N–H and O–H groups in total. The van der Waals surface area contributed by atoms with Crippen molar-refractivity contribution in [3.63, 3.8) is 0 Å². The van der Waals surface area contributed by atoms with E-state index in [0.717, 1.165) is 11.8 Å². The van der Waals surface area contributed by atoms with Crippen LogP contribution >= 0.6 is 0 Å². The highest BCUT2D eigenvalue weighted by Gasteiger charge is 2.32. The molecule has 0 aliphatic carbocycles. The fraction of sp³-hybridized carbons (Fsp3) is 0.143. The van der Waals surface area contributed by atoms with E-state index in [0.29, 0.717) is 5.69 Å². The van der Waals surface area contributed by atoms with Crippen molar-refractivity contribution in [2.24, 2.45) is 0 Å². The highest BCUT2D eigenvalue weighted by molar-refractivity contribution is 5.34. The van der Waals surface area contributed by atoms with Crippen LogP contribution in [0.5, 0.6) is 0 Å². The van der Waals surface area contributed by atoms with Gasteiger partial charge in [-0.2, -0.15) is 13.2 Å². The van der Waals surface area contributed by atoms with Crippen LogP contribution in [-0.4, -0.2) is 25.2 Å². The molecule has 2 heterocycles. The molecular weight excluding hydrogens is 309 g/mol. The van der Waals surface area contributed by atoms with E-state index in [-0.39, 0.29) is 12.4 Å². The van der Waals surface area contributed by atoms with Gasteiger partial charge in [-0.05, 0) is 24.3 Å². The number of benzene rings is 1. The lowest BCUT2D eigenvalue weighted by Crippen LogP contribution is -2.10. The Morgan fingerprint density at radius 1 is 0.957 bits per heavy atom. The predicted octanol–water partition coefficient (Wildman–Crippen LogP) is 2.69. The maximum Gasteiger partial charge on any atom is 0.435 e. The molecule has 6 nitrogen and oxygen atoms in total. The summed E-state index contributed by atoms with van der Waals surface area (Å²) in [5.74, 6) is 0.229. The van der Waals surface area contributed by atoms with E-state index < -0.39 is 11.9 Å². The Balaban J connectivity index is 1.64. The molecule has 0 aliphatic heterocycles. The van der Waals surface area contributed by atoms with Gasteiger partial charge in [0.15, 0.2) is 5.69 Å². The van der Waals surface area contributed by atoms with Crippen LogP contribution in [0.25, 0.3) is 5.69 Å². The van der Waals surface area contributed by atoms with Crippen LogP contribution in [0.1, 0.15) is 11.4 Å². The van der Waals surface area contributed by atoms with Crippen molar-refractivity contribution in [2.75, 3.05) is 5.32 Å². The molecule has 3 aromatic rings. The number of halogens is 3. The average molecular weight is 320 g/mol. The van der Waals surface area contributed by atoms with Gasteiger partial charge in [0.25, 0.3) is 0 Å². The van der Waals surface area contributed by atoms with Crippen molar-refractivity contribution in [1.82, 2.24) is 25.2 Å². The molecule has 118 valence electrons. The highest BCUT2D eigenvalue weighted by Crippen LogP contribution is 2.27. The lowest BCUT2D eigenvalue weighted by molar-refractivity contribution is -0.141. The molecule has 0 radical (unpaired) electrons. The minimum absolute atomic E-state index is 0.229. The average Bonchev–Trinajstić information content (AvgIpc) is 3.02. The number of nitrogens with zero attached hydrogens (tertiary/aromatic N) is 5. The van der Waals surface area contributed by atoms with Gasteiger partial charge in [0.1, 0.15) is 11.5 Å². The van der Waals surface area contributed by atoms with E-state index in [1.165, 1.54) is 6.07 Å². The van der Waals surface area contributed by atoms with Crippen LogP contribution in [0.3, 0.4) is 0 Å². The molecule has 9 heteroatoms. The standard InChI is InChI=1S/C14H11F3N6/c15-14(16,17)12-6-7-13(21-20-12)18-8-10-9-23(22-19-10)11-4-2-1-3-5-11/h1-7,9H,8H2,(H,18,21). The fourth-order valence-electron chi connectivity index (χ4n) is 1.85. The maximum atomic E-state index is 12.4. The second kappa shape index (κ2) is 6.03. The van der Waals surface area contributed by atoms with Crippen molar-refractivity contribution >= 4 is 5.82 Å². The van der Waals surface area contributed by atoms with Gasteiger partial charge in [-0.15, -0.1) is 15.3 Å².